The van der Waals surface area contributed by atoms with Crippen molar-refractivity contribution in [2.24, 2.45) is 0 Å². The van der Waals surface area contributed by atoms with E-state index in [-0.39, 0.29) is 37.8 Å². The van der Waals surface area contributed by atoms with Gasteiger partial charge < -0.3 is 19.8 Å². The Morgan fingerprint density at radius 2 is 1.95 bits per heavy atom. The molecule has 6 heteroatoms. The number of hydrogen-bond donors (Lipinski definition) is 2. The molecule has 0 aliphatic carbocycles. The van der Waals surface area contributed by atoms with Gasteiger partial charge in [0.2, 0.25) is 5.91 Å². The molecule has 2 N–H and O–H groups in total. The molecule has 0 radical (unpaired) electrons. The number of aliphatic hydroxyl groups excluding tert-OH is 2. The second kappa shape index (κ2) is 5.99. The van der Waals surface area contributed by atoms with Gasteiger partial charge in [0.05, 0.1) is 25.2 Å². The number of aliphatic hydroxyl groups is 2. The van der Waals surface area contributed by atoms with Crippen LogP contribution in [0.2, 0.25) is 0 Å². The van der Waals surface area contributed by atoms with Crippen LogP contribution in [0.15, 0.2) is 24.3 Å². The fourth-order valence-electron chi connectivity index (χ4n) is 1.94. The van der Waals surface area contributed by atoms with Crippen molar-refractivity contribution in [1.82, 2.24) is 4.90 Å². The summed E-state index contributed by atoms with van der Waals surface area (Å²) in [7, 11) is 0. The van der Waals surface area contributed by atoms with Crippen LogP contribution in [0.25, 0.3) is 0 Å². The maximum absolute atomic E-state index is 13.2. The van der Waals surface area contributed by atoms with Crippen molar-refractivity contribution < 1.29 is 24.1 Å². The Kier molecular flexibility index (Phi) is 4.34. The summed E-state index contributed by atoms with van der Waals surface area (Å²) in [6.45, 7) is 0.307. The fraction of sp³-hybridized carbons (Fsp3) is 0.462. The monoisotopic (exact) mass is 269 g/mol. The van der Waals surface area contributed by atoms with Crippen LogP contribution in [0.3, 0.4) is 0 Å². The average Bonchev–Trinajstić information content (AvgIpc) is 2.72. The summed E-state index contributed by atoms with van der Waals surface area (Å²) in [5.41, 5.74) is 0. The highest BCUT2D eigenvalue weighted by Crippen LogP contribution is 2.16. The van der Waals surface area contributed by atoms with E-state index >= 15 is 0 Å². The van der Waals surface area contributed by atoms with Gasteiger partial charge in [-0.25, -0.2) is 4.39 Å². The number of carbonyl (C=O) groups excluding carboxylic acids is 1. The first-order valence-electron chi connectivity index (χ1n) is 6.09. The highest BCUT2D eigenvalue weighted by molar-refractivity contribution is 5.76. The Hall–Kier alpha value is -1.66. The summed E-state index contributed by atoms with van der Waals surface area (Å²) in [5.74, 6) is -0.592. The molecule has 1 aromatic carbocycles. The van der Waals surface area contributed by atoms with Gasteiger partial charge in [-0.3, -0.25) is 4.79 Å². The van der Waals surface area contributed by atoms with E-state index in [1.807, 2.05) is 0 Å². The highest BCUT2D eigenvalue weighted by Gasteiger charge is 2.32. The van der Waals surface area contributed by atoms with Gasteiger partial charge in [-0.05, 0) is 12.1 Å². The van der Waals surface area contributed by atoms with Gasteiger partial charge in [0.1, 0.15) is 0 Å². The van der Waals surface area contributed by atoms with Crippen LogP contribution >= 0.6 is 0 Å². The van der Waals surface area contributed by atoms with Gasteiger partial charge in [-0.1, -0.05) is 12.1 Å². The number of nitrogens with zero attached hydrogens (tertiary/aromatic N) is 1. The molecular formula is C13H16FNO4. The van der Waals surface area contributed by atoms with E-state index in [2.05, 4.69) is 0 Å². The van der Waals surface area contributed by atoms with E-state index < -0.39 is 18.0 Å². The third-order valence-corrected chi connectivity index (χ3v) is 3.02. The number of amides is 1. The van der Waals surface area contributed by atoms with Gasteiger partial charge in [0, 0.05) is 13.1 Å². The molecule has 0 bridgehead atoms. The molecular weight excluding hydrogens is 253 g/mol. The van der Waals surface area contributed by atoms with E-state index in [9.17, 15) is 19.4 Å². The van der Waals surface area contributed by atoms with Crippen molar-refractivity contribution in [3.8, 4) is 5.75 Å². The number of likely N-dealkylation sites (tertiary alicyclic amines) is 1. The summed E-state index contributed by atoms with van der Waals surface area (Å²) in [6, 6.07) is 5.97. The largest absolute Gasteiger partial charge is 0.490 e. The van der Waals surface area contributed by atoms with Crippen molar-refractivity contribution in [3.63, 3.8) is 0 Å². The minimum Gasteiger partial charge on any atom is -0.490 e. The molecule has 1 heterocycles. The van der Waals surface area contributed by atoms with Gasteiger partial charge in [-0.2, -0.15) is 0 Å². The average molecular weight is 269 g/mol. The lowest BCUT2D eigenvalue weighted by molar-refractivity contribution is -0.131. The molecule has 2 atom stereocenters. The zero-order chi connectivity index (χ0) is 13.8. The van der Waals surface area contributed by atoms with Crippen LogP contribution in [0.1, 0.15) is 6.42 Å². The molecule has 104 valence electrons. The van der Waals surface area contributed by atoms with Crippen molar-refractivity contribution in [3.05, 3.63) is 30.1 Å². The zero-order valence-electron chi connectivity index (χ0n) is 10.3. The van der Waals surface area contributed by atoms with Crippen LogP contribution in [-0.4, -0.2) is 52.9 Å². The van der Waals surface area contributed by atoms with E-state index in [1.165, 1.54) is 17.0 Å². The Morgan fingerprint density at radius 1 is 1.32 bits per heavy atom. The van der Waals surface area contributed by atoms with Crippen LogP contribution in [-0.2, 0) is 4.79 Å². The molecule has 1 aromatic rings. The Labute approximate surface area is 110 Å². The Balaban J connectivity index is 1.77. The number of para-hydroxylation sites is 1. The van der Waals surface area contributed by atoms with Crippen molar-refractivity contribution >= 4 is 5.91 Å². The van der Waals surface area contributed by atoms with Gasteiger partial charge in [0.25, 0.3) is 0 Å². The summed E-state index contributed by atoms with van der Waals surface area (Å²) < 4.78 is 18.4. The lowest BCUT2D eigenvalue weighted by Gasteiger charge is -2.15. The SMILES string of the molecule is O=C(CCOc1ccccc1F)N1CC(O)C(O)C1. The number of hydrogen-bond acceptors (Lipinski definition) is 4. The fourth-order valence-corrected chi connectivity index (χ4v) is 1.94. The topological polar surface area (TPSA) is 70.0 Å². The molecule has 2 rings (SSSR count). The maximum Gasteiger partial charge on any atom is 0.226 e. The molecule has 1 aliphatic rings. The molecule has 1 aliphatic heterocycles. The zero-order valence-corrected chi connectivity index (χ0v) is 10.3. The number of halogens is 1. The molecule has 1 saturated heterocycles. The molecule has 0 saturated carbocycles. The normalized spacial score (nSPS) is 22.6. The molecule has 5 nitrogen and oxygen atoms in total. The molecule has 2 unspecified atom stereocenters. The summed E-state index contributed by atoms with van der Waals surface area (Å²) >= 11 is 0. The number of β-amino-alcohol motifs (C(OH)–C–C–N with tert-alkyl or cyclic N) is 2. The number of ether oxygens (including phenoxy) is 1. The first kappa shape index (κ1) is 13.8. The van der Waals surface area contributed by atoms with Crippen molar-refractivity contribution in [2.45, 2.75) is 18.6 Å². The summed E-state index contributed by atoms with van der Waals surface area (Å²) in [6.07, 6.45) is -1.71. The van der Waals surface area contributed by atoms with E-state index in [4.69, 9.17) is 4.74 Å². The number of benzene rings is 1. The van der Waals surface area contributed by atoms with Crippen LogP contribution in [0.4, 0.5) is 4.39 Å². The smallest absolute Gasteiger partial charge is 0.226 e. The first-order valence-corrected chi connectivity index (χ1v) is 6.09. The Bertz CT molecular complexity index is 444. The molecule has 0 spiro atoms. The summed E-state index contributed by atoms with van der Waals surface area (Å²) in [4.78, 5) is 13.1. The number of rotatable bonds is 4. The lowest BCUT2D eigenvalue weighted by Crippen LogP contribution is -2.30. The standard InChI is InChI=1S/C13H16FNO4/c14-9-3-1-2-4-12(9)19-6-5-13(18)15-7-10(16)11(17)8-15/h1-4,10-11,16-17H,5-8H2. The molecule has 19 heavy (non-hydrogen) atoms. The van der Waals surface area contributed by atoms with E-state index in [0.717, 1.165) is 0 Å². The lowest BCUT2D eigenvalue weighted by atomic mass is 10.3. The van der Waals surface area contributed by atoms with Crippen LogP contribution in [0, 0.1) is 5.82 Å². The predicted octanol–water partition coefficient (Wildman–Crippen LogP) is 0.159. The predicted molar refractivity (Wildman–Crippen MR) is 65.1 cm³/mol. The minimum absolute atomic E-state index is 0.0580. The van der Waals surface area contributed by atoms with Crippen molar-refractivity contribution in [2.75, 3.05) is 19.7 Å². The van der Waals surface area contributed by atoms with Gasteiger partial charge in [-0.15, -0.1) is 0 Å². The summed E-state index contributed by atoms with van der Waals surface area (Å²) in [5, 5.41) is 18.7. The second-order valence-electron chi connectivity index (χ2n) is 4.46. The first-order chi connectivity index (χ1) is 9.08. The Morgan fingerprint density at radius 3 is 2.58 bits per heavy atom. The second-order valence-corrected chi connectivity index (χ2v) is 4.46. The molecule has 0 aromatic heterocycles. The third kappa shape index (κ3) is 3.42. The third-order valence-electron chi connectivity index (χ3n) is 3.02. The van der Waals surface area contributed by atoms with E-state index in [0.29, 0.717) is 0 Å². The van der Waals surface area contributed by atoms with Gasteiger partial charge >= 0.3 is 0 Å². The van der Waals surface area contributed by atoms with Crippen LogP contribution < -0.4 is 4.74 Å². The van der Waals surface area contributed by atoms with Crippen molar-refractivity contribution in [1.29, 1.82) is 0 Å². The maximum atomic E-state index is 13.2. The van der Waals surface area contributed by atoms with E-state index in [1.54, 1.807) is 12.1 Å². The molecule has 1 fully saturated rings. The number of carbonyl (C=O) groups is 1. The molecule has 1 amide bonds. The highest BCUT2D eigenvalue weighted by atomic mass is 19.1. The van der Waals surface area contributed by atoms with Gasteiger partial charge in [0.15, 0.2) is 11.6 Å². The quantitative estimate of drug-likeness (QED) is 0.817. The van der Waals surface area contributed by atoms with Crippen LogP contribution in [0.5, 0.6) is 5.75 Å². The minimum atomic E-state index is -0.892.